The maximum Gasteiger partial charge on any atom is 0.239 e. The van der Waals surface area contributed by atoms with Crippen molar-refractivity contribution in [2.24, 2.45) is 17.6 Å². The average molecular weight is 239 g/mol. The number of nitrogens with two attached hydrogens (primary N) is 1. The number of carbonyl (C=O) groups is 2. The fourth-order valence-corrected chi connectivity index (χ4v) is 2.81. The van der Waals surface area contributed by atoms with Crippen LogP contribution in [0.3, 0.4) is 0 Å². The Morgan fingerprint density at radius 2 is 2.29 bits per heavy atom. The highest BCUT2D eigenvalue weighted by Crippen LogP contribution is 2.29. The van der Waals surface area contributed by atoms with E-state index in [1.807, 2.05) is 0 Å². The number of hydrogen-bond acceptors (Lipinski definition) is 3. The quantitative estimate of drug-likeness (QED) is 0.695. The van der Waals surface area contributed by atoms with Crippen LogP contribution < -0.4 is 11.1 Å². The summed E-state index contributed by atoms with van der Waals surface area (Å²) in [6.45, 7) is 2.12. The smallest absolute Gasteiger partial charge is 0.239 e. The van der Waals surface area contributed by atoms with Gasteiger partial charge in [-0.1, -0.05) is 6.42 Å². The van der Waals surface area contributed by atoms with E-state index in [9.17, 15) is 9.59 Å². The van der Waals surface area contributed by atoms with Crippen molar-refractivity contribution in [3.63, 3.8) is 0 Å². The van der Waals surface area contributed by atoms with Gasteiger partial charge in [0, 0.05) is 19.0 Å². The first-order valence-electron chi connectivity index (χ1n) is 6.46. The van der Waals surface area contributed by atoms with Crippen LogP contribution >= 0.6 is 0 Å². The summed E-state index contributed by atoms with van der Waals surface area (Å²) in [5.41, 5.74) is 5.68. The molecule has 2 amide bonds. The van der Waals surface area contributed by atoms with Gasteiger partial charge >= 0.3 is 0 Å². The molecule has 0 bridgehead atoms. The second-order valence-corrected chi connectivity index (χ2v) is 5.08. The van der Waals surface area contributed by atoms with E-state index < -0.39 is 0 Å². The van der Waals surface area contributed by atoms with Crippen LogP contribution in [0.15, 0.2) is 0 Å². The molecule has 5 heteroatoms. The standard InChI is InChI=1S/C12H21N3O2/c13-7-9-2-1-3-10(6-9)12(17)15-5-4-14-11(16)8-15/h9-10H,1-8,13H2,(H,14,16). The molecule has 2 atom stereocenters. The van der Waals surface area contributed by atoms with Crippen molar-refractivity contribution >= 4 is 11.8 Å². The molecule has 0 aromatic heterocycles. The Balaban J connectivity index is 1.92. The van der Waals surface area contributed by atoms with Crippen molar-refractivity contribution in [1.82, 2.24) is 10.2 Å². The third-order valence-electron chi connectivity index (χ3n) is 3.82. The third kappa shape index (κ3) is 2.97. The molecule has 1 heterocycles. The maximum atomic E-state index is 12.3. The van der Waals surface area contributed by atoms with Crippen LogP contribution in [0.4, 0.5) is 0 Å². The number of hydrogen-bond donors (Lipinski definition) is 2. The zero-order valence-corrected chi connectivity index (χ0v) is 10.2. The van der Waals surface area contributed by atoms with Crippen LogP contribution in [0.25, 0.3) is 0 Å². The molecule has 0 spiro atoms. The lowest BCUT2D eigenvalue weighted by Crippen LogP contribution is -2.52. The Hall–Kier alpha value is -1.10. The van der Waals surface area contributed by atoms with Gasteiger partial charge in [0.15, 0.2) is 0 Å². The van der Waals surface area contributed by atoms with Crippen LogP contribution in [-0.4, -0.2) is 42.9 Å². The fourth-order valence-electron chi connectivity index (χ4n) is 2.81. The first-order valence-corrected chi connectivity index (χ1v) is 6.46. The summed E-state index contributed by atoms with van der Waals surface area (Å²) in [5.74, 6) is 0.674. The van der Waals surface area contributed by atoms with Crippen LogP contribution in [-0.2, 0) is 9.59 Å². The summed E-state index contributed by atoms with van der Waals surface area (Å²) in [6, 6.07) is 0. The van der Waals surface area contributed by atoms with Crippen molar-refractivity contribution in [3.8, 4) is 0 Å². The minimum Gasteiger partial charge on any atom is -0.353 e. The van der Waals surface area contributed by atoms with Gasteiger partial charge in [0.05, 0.1) is 6.54 Å². The van der Waals surface area contributed by atoms with E-state index in [0.717, 1.165) is 25.7 Å². The Labute approximate surface area is 102 Å². The van der Waals surface area contributed by atoms with Gasteiger partial charge in [0.2, 0.25) is 11.8 Å². The van der Waals surface area contributed by atoms with Gasteiger partial charge in [-0.2, -0.15) is 0 Å². The fraction of sp³-hybridized carbons (Fsp3) is 0.833. The normalized spacial score (nSPS) is 29.9. The first kappa shape index (κ1) is 12.4. The highest BCUT2D eigenvalue weighted by atomic mass is 16.2. The number of piperazine rings is 1. The zero-order chi connectivity index (χ0) is 12.3. The Morgan fingerprint density at radius 3 is 3.00 bits per heavy atom. The Kier molecular flexibility index (Phi) is 3.99. The number of nitrogens with one attached hydrogen (secondary N) is 1. The van der Waals surface area contributed by atoms with Crippen LogP contribution in [0, 0.1) is 11.8 Å². The molecule has 0 aromatic rings. The highest BCUT2D eigenvalue weighted by molar-refractivity contribution is 5.87. The molecular formula is C12H21N3O2. The summed E-state index contributed by atoms with van der Waals surface area (Å²) >= 11 is 0. The number of rotatable bonds is 2. The lowest BCUT2D eigenvalue weighted by molar-refractivity contribution is -0.142. The summed E-state index contributed by atoms with van der Waals surface area (Å²) in [4.78, 5) is 25.2. The second-order valence-electron chi connectivity index (χ2n) is 5.08. The predicted molar refractivity (Wildman–Crippen MR) is 64.1 cm³/mol. The minimum atomic E-state index is -0.0456. The molecule has 0 radical (unpaired) electrons. The number of amides is 2. The summed E-state index contributed by atoms with van der Waals surface area (Å²) in [5, 5.41) is 2.74. The van der Waals surface area contributed by atoms with Gasteiger partial charge in [-0.3, -0.25) is 9.59 Å². The Morgan fingerprint density at radius 1 is 1.47 bits per heavy atom. The molecule has 1 saturated carbocycles. The molecule has 0 aromatic carbocycles. The van der Waals surface area contributed by atoms with E-state index in [1.54, 1.807) is 4.90 Å². The lowest BCUT2D eigenvalue weighted by atomic mass is 9.80. The van der Waals surface area contributed by atoms with Crippen molar-refractivity contribution in [2.75, 3.05) is 26.2 Å². The molecule has 1 aliphatic heterocycles. The van der Waals surface area contributed by atoms with Crippen LogP contribution in [0.1, 0.15) is 25.7 Å². The maximum absolute atomic E-state index is 12.3. The SMILES string of the molecule is NCC1CCCC(C(=O)N2CCNC(=O)C2)C1. The van der Waals surface area contributed by atoms with Gasteiger partial charge < -0.3 is 16.0 Å². The van der Waals surface area contributed by atoms with Gasteiger partial charge in [0.1, 0.15) is 0 Å². The molecule has 2 rings (SSSR count). The van der Waals surface area contributed by atoms with Crippen molar-refractivity contribution < 1.29 is 9.59 Å². The summed E-state index contributed by atoms with van der Waals surface area (Å²) in [7, 11) is 0. The van der Waals surface area contributed by atoms with Gasteiger partial charge in [0.25, 0.3) is 0 Å². The number of carbonyl (C=O) groups excluding carboxylic acids is 2. The van der Waals surface area contributed by atoms with E-state index >= 15 is 0 Å². The lowest BCUT2D eigenvalue weighted by Gasteiger charge is -2.33. The number of nitrogens with zero attached hydrogens (tertiary/aromatic N) is 1. The summed E-state index contributed by atoms with van der Waals surface area (Å²) in [6.07, 6.45) is 4.07. The summed E-state index contributed by atoms with van der Waals surface area (Å²) < 4.78 is 0. The monoisotopic (exact) mass is 239 g/mol. The van der Waals surface area contributed by atoms with Gasteiger partial charge in [-0.25, -0.2) is 0 Å². The topological polar surface area (TPSA) is 75.4 Å². The molecule has 96 valence electrons. The van der Waals surface area contributed by atoms with E-state index in [-0.39, 0.29) is 24.3 Å². The van der Waals surface area contributed by atoms with Gasteiger partial charge in [-0.15, -0.1) is 0 Å². The first-order chi connectivity index (χ1) is 8.20. The second kappa shape index (κ2) is 5.49. The van der Waals surface area contributed by atoms with Crippen LogP contribution in [0.2, 0.25) is 0 Å². The molecule has 2 aliphatic rings. The minimum absolute atomic E-state index is 0.0456. The molecule has 1 aliphatic carbocycles. The van der Waals surface area contributed by atoms with Crippen molar-refractivity contribution in [3.05, 3.63) is 0 Å². The van der Waals surface area contributed by atoms with E-state index in [4.69, 9.17) is 5.73 Å². The van der Waals surface area contributed by atoms with E-state index in [1.165, 1.54) is 0 Å². The molecule has 17 heavy (non-hydrogen) atoms. The van der Waals surface area contributed by atoms with E-state index in [2.05, 4.69) is 5.32 Å². The third-order valence-corrected chi connectivity index (χ3v) is 3.82. The molecule has 1 saturated heterocycles. The molecule has 2 unspecified atom stereocenters. The van der Waals surface area contributed by atoms with Crippen molar-refractivity contribution in [1.29, 1.82) is 0 Å². The predicted octanol–water partition coefficient (Wildman–Crippen LogP) is -0.290. The van der Waals surface area contributed by atoms with Gasteiger partial charge in [-0.05, 0) is 31.7 Å². The zero-order valence-electron chi connectivity index (χ0n) is 10.2. The van der Waals surface area contributed by atoms with Crippen LogP contribution in [0.5, 0.6) is 0 Å². The molecule has 5 nitrogen and oxygen atoms in total. The van der Waals surface area contributed by atoms with Crippen molar-refractivity contribution in [2.45, 2.75) is 25.7 Å². The highest BCUT2D eigenvalue weighted by Gasteiger charge is 2.31. The molecule has 2 fully saturated rings. The Bertz CT molecular complexity index is 306. The largest absolute Gasteiger partial charge is 0.353 e. The average Bonchev–Trinajstić information content (AvgIpc) is 2.38. The molecular weight excluding hydrogens is 218 g/mol. The molecule has 3 N–H and O–H groups in total. The van der Waals surface area contributed by atoms with E-state index in [0.29, 0.717) is 25.6 Å².